The molecule has 1 aliphatic rings. The molecule has 0 fully saturated rings. The molecule has 4 N–H and O–H groups in total. The summed E-state index contributed by atoms with van der Waals surface area (Å²) in [5.41, 5.74) is 17.2. The van der Waals surface area contributed by atoms with Crippen LogP contribution in [0.25, 0.3) is 28.0 Å². The van der Waals surface area contributed by atoms with Crippen molar-refractivity contribution >= 4 is 28.3 Å². The summed E-state index contributed by atoms with van der Waals surface area (Å²) in [5.74, 6) is 0.822. The van der Waals surface area contributed by atoms with Crippen molar-refractivity contribution in [3.05, 3.63) is 198 Å². The Labute approximate surface area is 280 Å². The highest BCUT2D eigenvalue weighted by molar-refractivity contribution is 8.14. The first kappa shape index (κ1) is 30.2. The molecule has 5 heteroatoms. The molecule has 0 radical (unpaired) electrons. The molecular formula is C42H34N4S. The van der Waals surface area contributed by atoms with Crippen LogP contribution in [-0.2, 0) is 0 Å². The lowest BCUT2D eigenvalue weighted by atomic mass is 9.92. The van der Waals surface area contributed by atoms with Gasteiger partial charge in [0.25, 0.3) is 0 Å². The van der Waals surface area contributed by atoms with Crippen molar-refractivity contribution < 1.29 is 0 Å². The van der Waals surface area contributed by atoms with E-state index >= 15 is 0 Å². The summed E-state index contributed by atoms with van der Waals surface area (Å²) in [6.45, 7) is 0. The second kappa shape index (κ2) is 13.9. The lowest BCUT2D eigenvalue weighted by Gasteiger charge is -2.26. The van der Waals surface area contributed by atoms with E-state index < -0.39 is 0 Å². The number of nitrogens with two attached hydrogens (primary N) is 1. The van der Waals surface area contributed by atoms with Crippen molar-refractivity contribution in [3.63, 3.8) is 0 Å². The minimum absolute atomic E-state index is 0.217. The van der Waals surface area contributed by atoms with E-state index in [9.17, 15) is 0 Å². The zero-order valence-electron chi connectivity index (χ0n) is 25.8. The van der Waals surface area contributed by atoms with Gasteiger partial charge >= 0.3 is 0 Å². The maximum absolute atomic E-state index is 8.53. The smallest absolute Gasteiger partial charge is 0.134 e. The topological polar surface area (TPSA) is 74.3 Å². The summed E-state index contributed by atoms with van der Waals surface area (Å²) in [7, 11) is 0. The standard InChI is InChI=1S/C42H34N4S/c43-40(32-18-8-3-9-19-32)47-41(44)33-26-24-31(25-27-33)38-28-39(36-22-12-10-20-34(36)29-14-4-1-5-15-29)46-42(45-38)37-23-13-11-21-35(37)30-16-6-2-7-17-30/h1-28,39,41,43H,44H2,(H,45,46). The Morgan fingerprint density at radius 2 is 1.13 bits per heavy atom. The van der Waals surface area contributed by atoms with E-state index in [1.807, 2.05) is 42.5 Å². The molecule has 0 aromatic heterocycles. The van der Waals surface area contributed by atoms with Gasteiger partial charge in [0, 0.05) is 16.8 Å². The number of hydrogen-bond acceptors (Lipinski definition) is 5. The van der Waals surface area contributed by atoms with Gasteiger partial charge in [-0.05, 0) is 45.0 Å². The van der Waals surface area contributed by atoms with E-state index in [2.05, 4.69) is 133 Å². The molecule has 0 amide bonds. The van der Waals surface area contributed by atoms with Crippen LogP contribution in [0, 0.1) is 5.41 Å². The highest BCUT2D eigenvalue weighted by Crippen LogP contribution is 2.36. The van der Waals surface area contributed by atoms with Crippen molar-refractivity contribution in [2.24, 2.45) is 10.7 Å². The maximum atomic E-state index is 8.53. The number of amidine groups is 1. The fourth-order valence-electron chi connectivity index (χ4n) is 5.90. The first-order valence-corrected chi connectivity index (χ1v) is 16.5. The van der Waals surface area contributed by atoms with E-state index in [1.54, 1.807) is 0 Å². The highest BCUT2D eigenvalue weighted by atomic mass is 32.2. The molecule has 2 unspecified atom stereocenters. The lowest BCUT2D eigenvalue weighted by molar-refractivity contribution is 0.882. The quantitative estimate of drug-likeness (QED) is 0.0894. The van der Waals surface area contributed by atoms with Gasteiger partial charge in [-0.15, -0.1) is 0 Å². The number of nitrogens with one attached hydrogen (secondary N) is 2. The number of thioether (sulfide) groups is 1. The fraction of sp³-hybridized carbons (Fsp3) is 0.0476. The second-order valence-electron chi connectivity index (χ2n) is 11.3. The third-order valence-electron chi connectivity index (χ3n) is 8.31. The maximum Gasteiger partial charge on any atom is 0.134 e. The van der Waals surface area contributed by atoms with Gasteiger partial charge in [-0.1, -0.05) is 176 Å². The minimum atomic E-state index is -0.356. The highest BCUT2D eigenvalue weighted by Gasteiger charge is 2.23. The molecule has 228 valence electrons. The molecule has 6 aromatic rings. The number of aliphatic imine (C=N–C) groups is 1. The fourth-order valence-corrected chi connectivity index (χ4v) is 6.72. The molecule has 0 saturated heterocycles. The van der Waals surface area contributed by atoms with E-state index in [4.69, 9.17) is 16.1 Å². The summed E-state index contributed by atoms with van der Waals surface area (Å²) in [4.78, 5) is 5.36. The number of benzene rings is 6. The molecule has 47 heavy (non-hydrogen) atoms. The Morgan fingerprint density at radius 3 is 1.79 bits per heavy atom. The third-order valence-corrected chi connectivity index (χ3v) is 9.31. The van der Waals surface area contributed by atoms with Crippen molar-refractivity contribution in [1.82, 2.24) is 5.32 Å². The van der Waals surface area contributed by atoms with Gasteiger partial charge in [0.15, 0.2) is 0 Å². The van der Waals surface area contributed by atoms with Gasteiger partial charge in [-0.3, -0.25) is 10.4 Å². The number of rotatable bonds is 8. The van der Waals surface area contributed by atoms with Crippen LogP contribution in [0.4, 0.5) is 0 Å². The second-order valence-corrected chi connectivity index (χ2v) is 12.5. The van der Waals surface area contributed by atoms with E-state index in [1.165, 1.54) is 11.8 Å². The zero-order chi connectivity index (χ0) is 32.0. The van der Waals surface area contributed by atoms with E-state index in [0.717, 1.165) is 61.6 Å². The van der Waals surface area contributed by atoms with Crippen LogP contribution in [0.15, 0.2) is 175 Å². The summed E-state index contributed by atoms with van der Waals surface area (Å²) in [6, 6.07) is 55.7. The van der Waals surface area contributed by atoms with Gasteiger partial charge in [0.1, 0.15) is 5.84 Å². The van der Waals surface area contributed by atoms with Crippen LogP contribution in [0.3, 0.4) is 0 Å². The van der Waals surface area contributed by atoms with Gasteiger partial charge < -0.3 is 11.1 Å². The molecule has 1 heterocycles. The lowest BCUT2D eigenvalue weighted by Crippen LogP contribution is -2.28. The zero-order valence-corrected chi connectivity index (χ0v) is 26.6. The molecule has 6 aromatic carbocycles. The van der Waals surface area contributed by atoms with Gasteiger partial charge in [-0.2, -0.15) is 0 Å². The predicted molar refractivity (Wildman–Crippen MR) is 198 cm³/mol. The van der Waals surface area contributed by atoms with Crippen molar-refractivity contribution in [1.29, 1.82) is 5.41 Å². The van der Waals surface area contributed by atoms with Crippen LogP contribution in [0.1, 0.15) is 39.2 Å². The van der Waals surface area contributed by atoms with Crippen molar-refractivity contribution in [2.45, 2.75) is 11.4 Å². The normalized spacial score (nSPS) is 14.8. The van der Waals surface area contributed by atoms with Crippen LogP contribution in [0.2, 0.25) is 0 Å². The number of nitrogens with zero attached hydrogens (tertiary/aromatic N) is 1. The van der Waals surface area contributed by atoms with Crippen molar-refractivity contribution in [3.8, 4) is 22.3 Å². The Morgan fingerprint density at radius 1 is 0.596 bits per heavy atom. The Bertz CT molecular complexity index is 2050. The minimum Gasteiger partial charge on any atom is -0.340 e. The largest absolute Gasteiger partial charge is 0.340 e. The molecule has 1 aliphatic heterocycles. The van der Waals surface area contributed by atoms with Crippen molar-refractivity contribution in [2.75, 3.05) is 0 Å². The first-order valence-electron chi connectivity index (χ1n) is 15.7. The van der Waals surface area contributed by atoms with E-state index in [-0.39, 0.29) is 11.4 Å². The summed E-state index contributed by atoms with van der Waals surface area (Å²) in [6.07, 6.45) is 2.21. The summed E-state index contributed by atoms with van der Waals surface area (Å²) in [5, 5.41) is 12.3. The average Bonchev–Trinajstić information content (AvgIpc) is 3.15. The summed E-state index contributed by atoms with van der Waals surface area (Å²) >= 11 is 1.35. The predicted octanol–water partition coefficient (Wildman–Crippen LogP) is 9.87. The van der Waals surface area contributed by atoms with Gasteiger partial charge in [0.05, 0.1) is 16.5 Å². The third kappa shape index (κ3) is 6.73. The van der Waals surface area contributed by atoms with Gasteiger partial charge in [-0.25, -0.2) is 0 Å². The Hall–Kier alpha value is -5.49. The van der Waals surface area contributed by atoms with Crippen LogP contribution in [-0.4, -0.2) is 10.9 Å². The molecule has 0 spiro atoms. The van der Waals surface area contributed by atoms with Crippen LogP contribution in [0.5, 0.6) is 0 Å². The van der Waals surface area contributed by atoms with Crippen LogP contribution < -0.4 is 11.1 Å². The Balaban J connectivity index is 1.26. The number of hydrogen-bond donors (Lipinski definition) is 3. The van der Waals surface area contributed by atoms with Gasteiger partial charge in [0.2, 0.25) is 0 Å². The molecule has 2 atom stereocenters. The average molecular weight is 627 g/mol. The summed E-state index contributed by atoms with van der Waals surface area (Å²) < 4.78 is 0. The van der Waals surface area contributed by atoms with Crippen LogP contribution >= 0.6 is 11.8 Å². The monoisotopic (exact) mass is 626 g/mol. The molecule has 4 nitrogen and oxygen atoms in total. The Kier molecular flexibility index (Phi) is 8.91. The molecule has 7 rings (SSSR count). The SMILES string of the molecule is N=C(SC(N)c1ccc(C2=CC(c3ccccc3-c3ccccc3)N=C(c3ccccc3-c3ccccc3)N2)cc1)c1ccccc1. The molecule has 0 aliphatic carbocycles. The first-order chi connectivity index (χ1) is 23.1. The van der Waals surface area contributed by atoms with E-state index in [0.29, 0.717) is 5.04 Å². The molecule has 0 bridgehead atoms. The molecular weight excluding hydrogens is 593 g/mol. The molecule has 0 saturated carbocycles.